The Labute approximate surface area is 365 Å². The molecule has 16 atom stereocenters. The molecule has 0 aliphatic carbocycles. The van der Waals surface area contributed by atoms with Crippen molar-refractivity contribution in [2.75, 3.05) is 13.2 Å². The summed E-state index contributed by atoms with van der Waals surface area (Å²) >= 11 is 0. The average Bonchev–Trinajstić information content (AvgIpc) is 3.66. The van der Waals surface area contributed by atoms with Crippen LogP contribution in [0, 0.1) is 0 Å². The van der Waals surface area contributed by atoms with E-state index in [9.17, 15) is 63.6 Å². The summed E-state index contributed by atoms with van der Waals surface area (Å²) in [5, 5.41) is 73.3. The molecule has 362 valence electrons. The monoisotopic (exact) mass is 921 g/mol. The van der Waals surface area contributed by atoms with Crippen LogP contribution < -0.4 is 37.6 Å². The average molecular weight is 922 g/mol. The summed E-state index contributed by atoms with van der Waals surface area (Å²) in [6.07, 6.45) is -13.6. The highest BCUT2D eigenvalue weighted by atomic mass is 16.8. The molecule has 14 N–H and O–H groups in total. The molecule has 0 aromatic heterocycles. The smallest absolute Gasteiger partial charge is 0.326 e. The van der Waals surface area contributed by atoms with Gasteiger partial charge in [0.15, 0.2) is 12.6 Å². The lowest BCUT2D eigenvalue weighted by atomic mass is 9.95. The number of aliphatic hydroxyl groups is 3. The molecule has 2 bridgehead atoms. The van der Waals surface area contributed by atoms with Crippen molar-refractivity contribution in [3.63, 3.8) is 0 Å². The summed E-state index contributed by atoms with van der Waals surface area (Å²) < 4.78 is 29.6. The minimum atomic E-state index is -1.69. The summed E-state index contributed by atoms with van der Waals surface area (Å²) in [5.41, 5.74) is 5.50. The minimum absolute atomic E-state index is 0.0293. The molecule has 0 radical (unpaired) electrons. The van der Waals surface area contributed by atoms with Crippen molar-refractivity contribution < 1.29 is 97.5 Å². The predicted octanol–water partition coefficient (Wildman–Crippen LogP) is -6.14. The fraction of sp³-hybridized carbons (Fsp3) is 0.757. The number of hydrogen-bond acceptors (Lipinski definition) is 18. The number of nitrogens with two attached hydrogens (primary N) is 1. The van der Waals surface area contributed by atoms with Gasteiger partial charge in [0, 0.05) is 20.3 Å². The van der Waals surface area contributed by atoms with E-state index in [-0.39, 0.29) is 25.9 Å². The van der Waals surface area contributed by atoms with Crippen molar-refractivity contribution >= 4 is 53.4 Å². The zero-order chi connectivity index (χ0) is 48.2. The van der Waals surface area contributed by atoms with Crippen LogP contribution >= 0.6 is 0 Å². The van der Waals surface area contributed by atoms with Crippen LogP contribution in [0.5, 0.6) is 0 Å². The first kappa shape index (κ1) is 53.2. The Morgan fingerprint density at radius 3 is 1.91 bits per heavy atom. The maximum atomic E-state index is 13.5. The number of aliphatic hydroxyl groups excluding tert-OH is 3. The lowest BCUT2D eigenvalue weighted by Gasteiger charge is -2.47. The first-order valence-electron chi connectivity index (χ1n) is 20.3. The van der Waals surface area contributed by atoms with Gasteiger partial charge in [-0.15, -0.1) is 0 Å². The minimum Gasteiger partial charge on any atom is -0.480 e. The Kier molecular flexibility index (Phi) is 20.2. The van der Waals surface area contributed by atoms with Crippen molar-refractivity contribution in [3.8, 4) is 0 Å². The second-order valence-electron chi connectivity index (χ2n) is 15.6. The van der Waals surface area contributed by atoms with Crippen LogP contribution in [0.1, 0.15) is 66.7 Å². The molecule has 64 heavy (non-hydrogen) atoms. The van der Waals surface area contributed by atoms with Crippen LogP contribution in [0.3, 0.4) is 0 Å². The van der Waals surface area contributed by atoms with Crippen LogP contribution in [0.2, 0.25) is 0 Å². The number of rotatable bonds is 24. The maximum Gasteiger partial charge on any atom is 0.326 e. The van der Waals surface area contributed by atoms with Gasteiger partial charge in [0.25, 0.3) is 0 Å². The standard InChI is InChI=1S/C37H59N7O20/c1-13(30(51)44-20(35(58)59)9-10-23(48)43-19(8-6-7-18(38)34(56)57)32(53)40-14(2)33(54)55)39-31(52)15(3)61-29-25(42-17(5)47)36-60-12-22(63-36)28(29)64-37-24(41-16(4)46)27(50)26(49)21(11-45)62-37/h13-15,18-22,24-29,36-37,45,49-50H,6-12,38H2,1-5H3,(H,39,52)(H,40,53)(H,41,46)(H,42,47)(H,43,48)(H,44,51)(H,54,55)(H,56,57)(H,58,59)/t13-,14+,15+,18+,19-,20+,21+,22+,24+,25+,26+,27+,28+,29+,36+,37-/m0/s1. The Balaban J connectivity index is 1.69. The summed E-state index contributed by atoms with van der Waals surface area (Å²) in [4.78, 5) is 111. The maximum absolute atomic E-state index is 13.5. The van der Waals surface area contributed by atoms with E-state index < -0.39 is 170 Å². The summed E-state index contributed by atoms with van der Waals surface area (Å²) in [6, 6.07) is -9.62. The number of carbonyl (C=O) groups excluding carboxylic acids is 6. The molecule has 0 spiro atoms. The normalized spacial score (nSPS) is 29.0. The van der Waals surface area contributed by atoms with Gasteiger partial charge in [0.05, 0.1) is 13.2 Å². The second kappa shape index (κ2) is 24.2. The molecule has 3 fully saturated rings. The van der Waals surface area contributed by atoms with E-state index in [0.29, 0.717) is 0 Å². The molecule has 6 amide bonds. The number of carboxylic acid groups (broad SMARTS) is 3. The van der Waals surface area contributed by atoms with Gasteiger partial charge >= 0.3 is 17.9 Å². The highest BCUT2D eigenvalue weighted by molar-refractivity contribution is 5.92. The zero-order valence-corrected chi connectivity index (χ0v) is 35.7. The molecule has 3 aliphatic heterocycles. The summed E-state index contributed by atoms with van der Waals surface area (Å²) in [5.74, 6) is -9.14. The fourth-order valence-electron chi connectivity index (χ4n) is 6.93. The van der Waals surface area contributed by atoms with Gasteiger partial charge in [0.1, 0.15) is 85.0 Å². The number of carboxylic acids is 3. The molecule has 27 heteroatoms. The molecule has 27 nitrogen and oxygen atoms in total. The third-order valence-corrected chi connectivity index (χ3v) is 10.4. The molecule has 3 aliphatic rings. The Morgan fingerprint density at radius 1 is 0.703 bits per heavy atom. The number of carbonyl (C=O) groups is 9. The molecule has 0 aromatic rings. The van der Waals surface area contributed by atoms with Crippen molar-refractivity contribution in [2.45, 2.75) is 164 Å². The van der Waals surface area contributed by atoms with Crippen LogP contribution in [0.25, 0.3) is 0 Å². The highest BCUT2D eigenvalue weighted by Gasteiger charge is 2.56. The Bertz CT molecular complexity index is 1710. The number of amides is 6. The van der Waals surface area contributed by atoms with Crippen LogP contribution in [-0.2, 0) is 66.8 Å². The molecule has 0 unspecified atom stereocenters. The summed E-state index contributed by atoms with van der Waals surface area (Å²) in [6.45, 7) is 5.13. The largest absolute Gasteiger partial charge is 0.480 e. The lowest BCUT2D eigenvalue weighted by molar-refractivity contribution is -0.313. The SMILES string of the molecule is CC(=O)N[C@H]1[C@H](O[C@H]2[C@H](O[C@H](C)C(=O)N[C@@H](C)C(=O)N[C@H](CCC(=O)N[C@@H](CCC[C@@H](N)C(=O)O)C(=O)N[C@H](C)C(=O)O)C(=O)O)[C@@H](NC(C)=O)[C@@H]3OC[C@H]2O3)O[C@H](CO)[C@@H](O)[C@@H]1O. The first-order chi connectivity index (χ1) is 29.9. The number of aliphatic carboxylic acids is 3. The van der Waals surface area contributed by atoms with Crippen molar-refractivity contribution in [1.82, 2.24) is 31.9 Å². The van der Waals surface area contributed by atoms with Crippen molar-refractivity contribution in [2.24, 2.45) is 5.73 Å². The Hall–Kier alpha value is -5.13. The van der Waals surface area contributed by atoms with Crippen molar-refractivity contribution in [3.05, 3.63) is 0 Å². The topological polar surface area (TPSA) is 419 Å². The van der Waals surface area contributed by atoms with E-state index in [2.05, 4.69) is 31.9 Å². The molecular weight excluding hydrogens is 862 g/mol. The lowest BCUT2D eigenvalue weighted by Crippen LogP contribution is -2.68. The van der Waals surface area contributed by atoms with Crippen LogP contribution in [0.4, 0.5) is 0 Å². The molecule has 3 heterocycles. The number of ether oxygens (including phenoxy) is 5. The van der Waals surface area contributed by atoms with Gasteiger partial charge in [-0.25, -0.2) is 4.79 Å². The molecule has 3 saturated heterocycles. The van der Waals surface area contributed by atoms with Crippen LogP contribution in [-0.4, -0.2) is 195 Å². The van der Waals surface area contributed by atoms with Gasteiger partial charge in [-0.2, -0.15) is 0 Å². The first-order valence-corrected chi connectivity index (χ1v) is 20.3. The van der Waals surface area contributed by atoms with Gasteiger partial charge in [-0.1, -0.05) is 0 Å². The van der Waals surface area contributed by atoms with E-state index in [1.165, 1.54) is 27.7 Å². The quantitative estimate of drug-likeness (QED) is 0.0428. The second-order valence-corrected chi connectivity index (χ2v) is 15.6. The predicted molar refractivity (Wildman–Crippen MR) is 210 cm³/mol. The number of hydrogen-bond donors (Lipinski definition) is 13. The van der Waals surface area contributed by atoms with Crippen LogP contribution in [0.15, 0.2) is 0 Å². The summed E-state index contributed by atoms with van der Waals surface area (Å²) in [7, 11) is 0. The van der Waals surface area contributed by atoms with Crippen molar-refractivity contribution in [1.29, 1.82) is 0 Å². The number of fused-ring (bicyclic) bond motifs is 2. The zero-order valence-electron chi connectivity index (χ0n) is 35.7. The van der Waals surface area contributed by atoms with E-state index in [0.717, 1.165) is 6.92 Å². The van der Waals surface area contributed by atoms with E-state index in [1.54, 1.807) is 0 Å². The highest BCUT2D eigenvalue weighted by Crippen LogP contribution is 2.35. The van der Waals surface area contributed by atoms with E-state index in [4.69, 9.17) is 39.6 Å². The van der Waals surface area contributed by atoms with E-state index in [1.807, 2.05) is 0 Å². The third-order valence-electron chi connectivity index (χ3n) is 10.4. The van der Waals surface area contributed by atoms with E-state index >= 15 is 0 Å². The Morgan fingerprint density at radius 2 is 1.33 bits per heavy atom. The van der Waals surface area contributed by atoms with Gasteiger partial charge in [0.2, 0.25) is 35.4 Å². The molecule has 0 saturated carbocycles. The van der Waals surface area contributed by atoms with Gasteiger partial charge < -0.3 is 92.0 Å². The molecule has 0 aromatic carbocycles. The van der Waals surface area contributed by atoms with Gasteiger partial charge in [-0.05, 0) is 46.5 Å². The number of nitrogens with one attached hydrogen (secondary N) is 6. The third kappa shape index (κ3) is 15.0. The molecule has 3 rings (SSSR count). The molecular formula is C37H59N7O20. The van der Waals surface area contributed by atoms with Gasteiger partial charge in [-0.3, -0.25) is 38.4 Å². The fourth-order valence-corrected chi connectivity index (χ4v) is 6.93.